The van der Waals surface area contributed by atoms with E-state index in [0.29, 0.717) is 33.8 Å². The Morgan fingerprint density at radius 1 is 1.25 bits per heavy atom. The number of carbonyl (C=O) groups is 2. The maximum absolute atomic E-state index is 12.5. The molecule has 0 radical (unpaired) electrons. The molecule has 1 aliphatic heterocycles. The lowest BCUT2D eigenvalue weighted by Gasteiger charge is -2.14. The van der Waals surface area contributed by atoms with Crippen molar-refractivity contribution in [3.63, 3.8) is 0 Å². The fourth-order valence-electron chi connectivity index (χ4n) is 3.22. The summed E-state index contributed by atoms with van der Waals surface area (Å²) < 4.78 is 10.7. The van der Waals surface area contributed by atoms with E-state index in [0.717, 1.165) is 28.9 Å². The number of benzene rings is 2. The number of aliphatic imine (C=N–C) groups is 1. The number of rotatable bonds is 7. The first kappa shape index (κ1) is 23.6. The predicted molar refractivity (Wildman–Crippen MR) is 130 cm³/mol. The van der Waals surface area contributed by atoms with E-state index in [9.17, 15) is 9.59 Å². The molecule has 0 saturated carbocycles. The van der Waals surface area contributed by atoms with Crippen LogP contribution in [0.3, 0.4) is 0 Å². The van der Waals surface area contributed by atoms with E-state index < -0.39 is 0 Å². The lowest BCUT2D eigenvalue weighted by molar-refractivity contribution is -0.115. The van der Waals surface area contributed by atoms with Gasteiger partial charge in [-0.15, -0.1) is 0 Å². The zero-order valence-electron chi connectivity index (χ0n) is 19.0. The van der Waals surface area contributed by atoms with Gasteiger partial charge in [0.1, 0.15) is 5.75 Å². The Morgan fingerprint density at radius 2 is 2.03 bits per heavy atom. The van der Waals surface area contributed by atoms with Gasteiger partial charge in [0.2, 0.25) is 0 Å². The molecule has 1 N–H and O–H groups in total. The van der Waals surface area contributed by atoms with Crippen LogP contribution in [0.1, 0.15) is 60.2 Å². The Bertz CT molecular complexity index is 1090. The highest BCUT2D eigenvalue weighted by atomic mass is 32.2. The van der Waals surface area contributed by atoms with Crippen molar-refractivity contribution in [1.29, 1.82) is 0 Å². The lowest BCUT2D eigenvalue weighted by Crippen LogP contribution is -2.19. The summed E-state index contributed by atoms with van der Waals surface area (Å²) in [5, 5.41) is 3.27. The van der Waals surface area contributed by atoms with Crippen molar-refractivity contribution in [3.05, 3.63) is 63.6 Å². The van der Waals surface area contributed by atoms with E-state index in [1.807, 2.05) is 26.0 Å². The summed E-state index contributed by atoms with van der Waals surface area (Å²) in [4.78, 5) is 29.7. The van der Waals surface area contributed by atoms with Gasteiger partial charge < -0.3 is 14.8 Å². The van der Waals surface area contributed by atoms with Crippen molar-refractivity contribution in [2.24, 2.45) is 4.99 Å². The number of nitrogens with zero attached hydrogens (tertiary/aromatic N) is 1. The van der Waals surface area contributed by atoms with Gasteiger partial charge in [-0.2, -0.15) is 0 Å². The SMILES string of the molecule is CCCOC(=O)c1cccc(N=C2NC(=O)C(=Cc3cc(C(C)C)c(OC)cc3C)S2)c1. The second-order valence-corrected chi connectivity index (χ2v) is 8.80. The summed E-state index contributed by atoms with van der Waals surface area (Å²) in [6, 6.07) is 10.9. The Balaban J connectivity index is 1.84. The number of hydrogen-bond acceptors (Lipinski definition) is 6. The number of carbonyl (C=O) groups excluding carboxylic acids is 2. The first-order valence-corrected chi connectivity index (χ1v) is 11.4. The van der Waals surface area contributed by atoms with Crippen LogP contribution in [-0.2, 0) is 9.53 Å². The van der Waals surface area contributed by atoms with Crippen LogP contribution in [0.15, 0.2) is 46.3 Å². The molecular formula is C25H28N2O4S. The minimum absolute atomic E-state index is 0.200. The van der Waals surface area contributed by atoms with E-state index in [1.54, 1.807) is 31.4 Å². The maximum Gasteiger partial charge on any atom is 0.338 e. The van der Waals surface area contributed by atoms with E-state index in [-0.39, 0.29) is 11.9 Å². The molecule has 2 aromatic carbocycles. The highest BCUT2D eigenvalue weighted by Gasteiger charge is 2.24. The van der Waals surface area contributed by atoms with Crippen molar-refractivity contribution in [2.75, 3.05) is 13.7 Å². The van der Waals surface area contributed by atoms with Crippen molar-refractivity contribution >= 4 is 40.6 Å². The molecule has 2 aromatic rings. The number of amidine groups is 1. The molecule has 1 heterocycles. The predicted octanol–water partition coefficient (Wildman–Crippen LogP) is 5.59. The monoisotopic (exact) mass is 452 g/mol. The second-order valence-electron chi connectivity index (χ2n) is 7.77. The van der Waals surface area contributed by atoms with E-state index in [4.69, 9.17) is 9.47 Å². The van der Waals surface area contributed by atoms with Crippen LogP contribution in [0, 0.1) is 6.92 Å². The van der Waals surface area contributed by atoms with Gasteiger partial charge in [0.15, 0.2) is 5.17 Å². The van der Waals surface area contributed by atoms with Crippen LogP contribution in [0.2, 0.25) is 0 Å². The van der Waals surface area contributed by atoms with Crippen molar-refractivity contribution in [3.8, 4) is 5.75 Å². The van der Waals surface area contributed by atoms with Gasteiger partial charge in [-0.1, -0.05) is 26.8 Å². The molecule has 1 saturated heterocycles. The van der Waals surface area contributed by atoms with Gasteiger partial charge in [-0.3, -0.25) is 4.79 Å². The number of nitrogens with one attached hydrogen (secondary N) is 1. The van der Waals surface area contributed by atoms with E-state index in [1.165, 1.54) is 11.8 Å². The molecule has 1 aliphatic rings. The molecule has 7 heteroatoms. The van der Waals surface area contributed by atoms with Crippen molar-refractivity contribution < 1.29 is 19.1 Å². The fourth-order valence-corrected chi connectivity index (χ4v) is 4.05. The van der Waals surface area contributed by atoms with Gasteiger partial charge in [-0.05, 0) is 84.1 Å². The Hall–Kier alpha value is -3.06. The molecule has 1 fully saturated rings. The number of esters is 1. The Morgan fingerprint density at radius 3 is 2.72 bits per heavy atom. The summed E-state index contributed by atoms with van der Waals surface area (Å²) in [5.74, 6) is 0.561. The molecule has 1 amide bonds. The molecule has 0 aromatic heterocycles. The maximum atomic E-state index is 12.5. The third-order valence-electron chi connectivity index (χ3n) is 4.93. The fraction of sp³-hybridized carbons (Fsp3) is 0.320. The summed E-state index contributed by atoms with van der Waals surface area (Å²) >= 11 is 1.27. The van der Waals surface area contributed by atoms with Crippen LogP contribution in [0.4, 0.5) is 5.69 Å². The summed E-state index contributed by atoms with van der Waals surface area (Å²) in [6.45, 7) is 8.53. The van der Waals surface area contributed by atoms with E-state index >= 15 is 0 Å². The minimum atomic E-state index is -0.381. The standard InChI is InChI=1S/C25H28N2O4S/c1-6-10-31-24(29)17-8-7-9-19(12-17)26-25-27-23(28)22(32-25)14-18-13-20(15(2)3)21(30-5)11-16(18)4/h7-9,11-15H,6,10H2,1-5H3,(H,26,27,28). The molecule has 0 atom stereocenters. The summed E-state index contributed by atoms with van der Waals surface area (Å²) in [6.07, 6.45) is 2.64. The van der Waals surface area contributed by atoms with Crippen molar-refractivity contribution in [2.45, 2.75) is 40.0 Å². The average molecular weight is 453 g/mol. The van der Waals surface area contributed by atoms with Crippen LogP contribution in [0.5, 0.6) is 5.75 Å². The first-order valence-electron chi connectivity index (χ1n) is 10.6. The van der Waals surface area contributed by atoms with Gasteiger partial charge >= 0.3 is 5.97 Å². The molecule has 0 spiro atoms. The zero-order chi connectivity index (χ0) is 23.3. The number of amides is 1. The average Bonchev–Trinajstić information content (AvgIpc) is 3.11. The van der Waals surface area contributed by atoms with Gasteiger partial charge in [-0.25, -0.2) is 9.79 Å². The molecule has 0 bridgehead atoms. The van der Waals surface area contributed by atoms with Crippen molar-refractivity contribution in [1.82, 2.24) is 5.32 Å². The van der Waals surface area contributed by atoms with Gasteiger partial charge in [0.25, 0.3) is 5.91 Å². The normalized spacial score (nSPS) is 16.0. The number of hydrogen-bond donors (Lipinski definition) is 1. The molecular weight excluding hydrogens is 424 g/mol. The highest BCUT2D eigenvalue weighted by molar-refractivity contribution is 8.18. The zero-order valence-corrected chi connectivity index (χ0v) is 19.8. The van der Waals surface area contributed by atoms with Crippen LogP contribution < -0.4 is 10.1 Å². The second kappa shape index (κ2) is 10.5. The third-order valence-corrected chi connectivity index (χ3v) is 5.84. The number of thioether (sulfide) groups is 1. The summed E-state index contributed by atoms with van der Waals surface area (Å²) in [7, 11) is 1.67. The number of aryl methyl sites for hydroxylation is 1. The van der Waals surface area contributed by atoms with Crippen LogP contribution >= 0.6 is 11.8 Å². The van der Waals surface area contributed by atoms with Crippen LogP contribution in [-0.4, -0.2) is 30.8 Å². The van der Waals surface area contributed by atoms with E-state index in [2.05, 4.69) is 30.2 Å². The molecule has 32 heavy (non-hydrogen) atoms. The minimum Gasteiger partial charge on any atom is -0.496 e. The molecule has 168 valence electrons. The lowest BCUT2D eigenvalue weighted by atomic mass is 9.96. The molecule has 0 unspecified atom stereocenters. The smallest absolute Gasteiger partial charge is 0.338 e. The molecule has 0 aliphatic carbocycles. The third kappa shape index (κ3) is 5.59. The Kier molecular flexibility index (Phi) is 7.75. The van der Waals surface area contributed by atoms with Crippen LogP contribution in [0.25, 0.3) is 6.08 Å². The molecule has 6 nitrogen and oxygen atoms in total. The topological polar surface area (TPSA) is 77.0 Å². The van der Waals surface area contributed by atoms with Gasteiger partial charge in [0.05, 0.1) is 29.9 Å². The number of methoxy groups -OCH3 is 1. The first-order chi connectivity index (χ1) is 15.3. The Labute approximate surface area is 193 Å². The summed E-state index contributed by atoms with van der Waals surface area (Å²) in [5.41, 5.74) is 4.09. The largest absolute Gasteiger partial charge is 0.496 e. The molecule has 3 rings (SSSR count). The van der Waals surface area contributed by atoms with Gasteiger partial charge in [0, 0.05) is 0 Å². The quantitative estimate of drug-likeness (QED) is 0.438. The number of ether oxygens (including phenoxy) is 2. The highest BCUT2D eigenvalue weighted by Crippen LogP contribution is 2.33.